The highest BCUT2D eigenvalue weighted by molar-refractivity contribution is 7.53. The zero-order chi connectivity index (χ0) is 28.8. The number of rotatable bonds is 20. The van der Waals surface area contributed by atoms with E-state index < -0.39 is 15.2 Å². The maximum Gasteiger partial charge on any atom is 0.335 e. The number of unbranched alkanes of at least 4 members (excludes halogenated alkanes) is 4. The van der Waals surface area contributed by atoms with Gasteiger partial charge in [-0.1, -0.05) is 102 Å². The SMILES string of the molecule is CCCCOP(=O)(Cc1c2ccccc2c(CP(=O)(OCCCC)OCCCC)c2ccccc12)OCCCC. The molecule has 0 atom stereocenters. The number of benzene rings is 3. The quantitative estimate of drug-likeness (QED) is 0.0741. The highest BCUT2D eigenvalue weighted by Crippen LogP contribution is 2.56. The summed E-state index contributed by atoms with van der Waals surface area (Å²) in [6.45, 7) is 9.96. The van der Waals surface area contributed by atoms with Gasteiger partial charge in [-0.25, -0.2) is 0 Å². The van der Waals surface area contributed by atoms with Gasteiger partial charge in [0.05, 0.1) is 38.8 Å². The Balaban J connectivity index is 2.12. The Morgan fingerprint density at radius 1 is 0.475 bits per heavy atom. The lowest BCUT2D eigenvalue weighted by atomic mass is 9.93. The summed E-state index contributed by atoms with van der Waals surface area (Å²) in [6.07, 6.45) is 7.48. The molecule has 8 heteroatoms. The zero-order valence-electron chi connectivity index (χ0n) is 24.9. The third kappa shape index (κ3) is 9.24. The average molecular weight is 591 g/mol. The summed E-state index contributed by atoms with van der Waals surface area (Å²) in [5.41, 5.74) is 1.86. The molecule has 0 N–H and O–H groups in total. The van der Waals surface area contributed by atoms with Crippen molar-refractivity contribution in [1.82, 2.24) is 0 Å². The highest BCUT2D eigenvalue weighted by atomic mass is 31.2. The van der Waals surface area contributed by atoms with Gasteiger partial charge in [0.15, 0.2) is 0 Å². The summed E-state index contributed by atoms with van der Waals surface area (Å²) in [5.74, 6) is 0. The monoisotopic (exact) mass is 590 g/mol. The van der Waals surface area contributed by atoms with E-state index in [0.717, 1.165) is 84.0 Å². The van der Waals surface area contributed by atoms with Crippen LogP contribution >= 0.6 is 15.2 Å². The van der Waals surface area contributed by atoms with Crippen LogP contribution in [0.5, 0.6) is 0 Å². The summed E-state index contributed by atoms with van der Waals surface area (Å²) in [5, 5.41) is 3.85. The average Bonchev–Trinajstić information content (AvgIpc) is 2.95. The molecule has 0 unspecified atom stereocenters. The lowest BCUT2D eigenvalue weighted by molar-refractivity contribution is 0.198. The van der Waals surface area contributed by atoms with Crippen LogP contribution in [0.1, 0.15) is 90.2 Å². The Labute approximate surface area is 241 Å². The van der Waals surface area contributed by atoms with Crippen LogP contribution < -0.4 is 0 Å². The maximum absolute atomic E-state index is 14.1. The van der Waals surface area contributed by atoms with Crippen molar-refractivity contribution < 1.29 is 27.2 Å². The van der Waals surface area contributed by atoms with Crippen molar-refractivity contribution >= 4 is 36.7 Å². The van der Waals surface area contributed by atoms with E-state index in [1.54, 1.807) is 0 Å². The Morgan fingerprint density at radius 3 is 0.950 bits per heavy atom. The molecule has 0 bridgehead atoms. The first kappa shape index (κ1) is 33.0. The third-order valence-corrected chi connectivity index (χ3v) is 10.7. The van der Waals surface area contributed by atoms with E-state index in [4.69, 9.17) is 18.1 Å². The van der Waals surface area contributed by atoms with Gasteiger partial charge in [0.1, 0.15) is 0 Å². The predicted molar refractivity (Wildman–Crippen MR) is 168 cm³/mol. The van der Waals surface area contributed by atoms with Gasteiger partial charge in [-0.3, -0.25) is 9.13 Å². The standard InChI is InChI=1S/C32H48O6P2/c1-5-9-21-35-39(33,36-22-10-6-2)25-31-27-17-13-15-19-29(27)32(30-20-16-14-18-28(30)31)26-40(34,37-23-11-7-3)38-24-12-8-4/h13-20H,5-12,21-26H2,1-4H3. The molecule has 3 aromatic rings. The van der Waals surface area contributed by atoms with Crippen molar-refractivity contribution in [3.8, 4) is 0 Å². The highest BCUT2D eigenvalue weighted by Gasteiger charge is 2.31. The largest absolute Gasteiger partial charge is 0.335 e. The van der Waals surface area contributed by atoms with Crippen LogP contribution in [0, 0.1) is 0 Å². The van der Waals surface area contributed by atoms with Crippen LogP contribution in [-0.2, 0) is 39.5 Å². The zero-order valence-corrected chi connectivity index (χ0v) is 26.7. The molecule has 222 valence electrons. The van der Waals surface area contributed by atoms with Crippen LogP contribution in [0.2, 0.25) is 0 Å². The lowest BCUT2D eigenvalue weighted by Gasteiger charge is -2.24. The minimum Gasteiger partial charge on any atom is -0.308 e. The van der Waals surface area contributed by atoms with Gasteiger partial charge in [-0.2, -0.15) is 0 Å². The number of hydrogen-bond donors (Lipinski definition) is 0. The summed E-state index contributed by atoms with van der Waals surface area (Å²) in [7, 11) is -6.81. The van der Waals surface area contributed by atoms with Crippen molar-refractivity contribution in [1.29, 1.82) is 0 Å². The Bertz CT molecular complexity index is 1110. The third-order valence-electron chi connectivity index (χ3n) is 7.00. The Kier molecular flexibility index (Phi) is 13.9. The first-order valence-electron chi connectivity index (χ1n) is 15.1. The predicted octanol–water partition coefficient (Wildman–Crippen LogP) is 10.6. The minimum absolute atomic E-state index is 0.180. The number of hydrogen-bond acceptors (Lipinski definition) is 6. The fourth-order valence-electron chi connectivity index (χ4n) is 4.69. The van der Waals surface area contributed by atoms with Crippen LogP contribution in [0.3, 0.4) is 0 Å². The molecular formula is C32H48O6P2. The van der Waals surface area contributed by atoms with E-state index in [9.17, 15) is 9.13 Å². The van der Waals surface area contributed by atoms with Gasteiger partial charge in [0.2, 0.25) is 0 Å². The molecule has 0 aromatic heterocycles. The van der Waals surface area contributed by atoms with E-state index >= 15 is 0 Å². The molecule has 0 saturated carbocycles. The van der Waals surface area contributed by atoms with Gasteiger partial charge < -0.3 is 18.1 Å². The van der Waals surface area contributed by atoms with Crippen molar-refractivity contribution in [2.75, 3.05) is 26.4 Å². The molecule has 0 radical (unpaired) electrons. The molecule has 40 heavy (non-hydrogen) atoms. The van der Waals surface area contributed by atoms with Crippen LogP contribution in [-0.4, -0.2) is 26.4 Å². The molecule has 0 aliphatic carbocycles. The molecule has 0 aliphatic rings. The molecule has 0 aliphatic heterocycles. The van der Waals surface area contributed by atoms with Gasteiger partial charge in [-0.15, -0.1) is 0 Å². The molecule has 0 saturated heterocycles. The molecule has 0 spiro atoms. The molecule has 3 aromatic carbocycles. The van der Waals surface area contributed by atoms with E-state index in [-0.39, 0.29) is 12.3 Å². The molecule has 6 nitrogen and oxygen atoms in total. The Morgan fingerprint density at radius 2 is 0.725 bits per heavy atom. The van der Waals surface area contributed by atoms with Crippen molar-refractivity contribution in [2.45, 2.75) is 91.4 Å². The normalized spacial score (nSPS) is 12.5. The second kappa shape index (κ2) is 16.8. The number of fused-ring (bicyclic) bond motifs is 2. The molecular weight excluding hydrogens is 542 g/mol. The van der Waals surface area contributed by atoms with Gasteiger partial charge in [0, 0.05) is 0 Å². The summed E-state index contributed by atoms with van der Waals surface area (Å²) in [6, 6.07) is 16.1. The van der Waals surface area contributed by atoms with Crippen LogP contribution in [0.4, 0.5) is 0 Å². The minimum atomic E-state index is -3.41. The molecule has 0 heterocycles. The van der Waals surface area contributed by atoms with Crippen LogP contribution in [0.15, 0.2) is 48.5 Å². The molecule has 3 rings (SSSR count). The summed E-state index contributed by atoms with van der Waals surface area (Å²) < 4.78 is 52.1. The fraction of sp³-hybridized carbons (Fsp3) is 0.562. The van der Waals surface area contributed by atoms with E-state index in [2.05, 4.69) is 27.7 Å². The summed E-state index contributed by atoms with van der Waals surface area (Å²) >= 11 is 0. The first-order valence-corrected chi connectivity index (χ1v) is 18.5. The van der Waals surface area contributed by atoms with E-state index in [1.165, 1.54) is 0 Å². The smallest absolute Gasteiger partial charge is 0.308 e. The van der Waals surface area contributed by atoms with Gasteiger partial charge in [-0.05, 0) is 58.4 Å². The van der Waals surface area contributed by atoms with Gasteiger partial charge in [0.25, 0.3) is 0 Å². The first-order chi connectivity index (χ1) is 19.4. The second-order valence-corrected chi connectivity index (χ2v) is 14.4. The van der Waals surface area contributed by atoms with Crippen molar-refractivity contribution in [2.24, 2.45) is 0 Å². The second-order valence-electron chi connectivity index (χ2n) is 10.3. The molecule has 0 fully saturated rings. The fourth-order valence-corrected chi connectivity index (χ4v) is 8.29. The van der Waals surface area contributed by atoms with Crippen molar-refractivity contribution in [3.63, 3.8) is 0 Å². The lowest BCUT2D eigenvalue weighted by Crippen LogP contribution is -2.05. The Hall–Kier alpha value is -1.52. The van der Waals surface area contributed by atoms with E-state index in [1.807, 2.05) is 48.5 Å². The van der Waals surface area contributed by atoms with Crippen LogP contribution in [0.25, 0.3) is 21.5 Å². The van der Waals surface area contributed by atoms with E-state index in [0.29, 0.717) is 26.4 Å². The topological polar surface area (TPSA) is 71.1 Å². The van der Waals surface area contributed by atoms with Crippen molar-refractivity contribution in [3.05, 3.63) is 59.7 Å². The summed E-state index contributed by atoms with van der Waals surface area (Å²) in [4.78, 5) is 0. The maximum atomic E-state index is 14.1. The van der Waals surface area contributed by atoms with Gasteiger partial charge >= 0.3 is 15.2 Å². The molecule has 0 amide bonds.